The van der Waals surface area contributed by atoms with Gasteiger partial charge in [-0.3, -0.25) is 15.1 Å². The number of pyridine rings is 1. The summed E-state index contributed by atoms with van der Waals surface area (Å²) < 4.78 is 26.1. The summed E-state index contributed by atoms with van der Waals surface area (Å²) in [4.78, 5) is 25.6. The van der Waals surface area contributed by atoms with Gasteiger partial charge in [-0.15, -0.1) is 0 Å². The van der Waals surface area contributed by atoms with Gasteiger partial charge in [0.2, 0.25) is 5.95 Å². The van der Waals surface area contributed by atoms with Gasteiger partial charge in [0, 0.05) is 40.7 Å². The Hall–Kier alpha value is -3.78. The van der Waals surface area contributed by atoms with Gasteiger partial charge in [0.1, 0.15) is 0 Å². The number of nitrogens with one attached hydrogen (secondary N) is 2. The van der Waals surface area contributed by atoms with Crippen LogP contribution in [0.2, 0.25) is 0 Å². The molecular formula is C26H23F2N5O. The first-order valence-corrected chi connectivity index (χ1v) is 11.2. The van der Waals surface area contributed by atoms with Crippen molar-refractivity contribution < 1.29 is 13.6 Å². The molecule has 2 aromatic carbocycles. The lowest BCUT2D eigenvalue weighted by atomic mass is 9.89. The number of alkyl halides is 2. The Morgan fingerprint density at radius 3 is 2.68 bits per heavy atom. The van der Waals surface area contributed by atoms with Crippen LogP contribution in [0.4, 0.5) is 14.7 Å². The molecule has 1 aliphatic heterocycles. The number of fused-ring (bicyclic) bond motifs is 1. The van der Waals surface area contributed by atoms with Crippen molar-refractivity contribution in [3.05, 3.63) is 83.8 Å². The highest BCUT2D eigenvalue weighted by molar-refractivity contribution is 6.03. The molecule has 0 bridgehead atoms. The molecule has 1 aliphatic rings. The summed E-state index contributed by atoms with van der Waals surface area (Å²) in [5, 5.41) is 6.91. The van der Waals surface area contributed by atoms with E-state index in [1.165, 1.54) is 12.3 Å². The molecule has 0 aliphatic carbocycles. The number of hydrogen-bond acceptors (Lipinski definition) is 5. The van der Waals surface area contributed by atoms with Crippen LogP contribution in [0.3, 0.4) is 0 Å². The molecule has 3 heterocycles. The molecule has 0 atom stereocenters. The number of amides is 1. The maximum atomic E-state index is 13.1. The minimum Gasteiger partial charge on any atom is -0.317 e. The summed E-state index contributed by atoms with van der Waals surface area (Å²) in [6.45, 7) is 1.97. The van der Waals surface area contributed by atoms with Crippen LogP contribution in [0.5, 0.6) is 0 Å². The van der Waals surface area contributed by atoms with Crippen molar-refractivity contribution in [1.29, 1.82) is 0 Å². The molecule has 0 unspecified atom stereocenters. The molecule has 4 aromatic rings. The summed E-state index contributed by atoms with van der Waals surface area (Å²) in [6, 6.07) is 14.5. The zero-order valence-electron chi connectivity index (χ0n) is 18.3. The Morgan fingerprint density at radius 2 is 1.85 bits per heavy atom. The van der Waals surface area contributed by atoms with E-state index in [1.54, 1.807) is 18.3 Å². The molecule has 172 valence electrons. The summed E-state index contributed by atoms with van der Waals surface area (Å²) in [7, 11) is 0. The molecule has 2 N–H and O–H groups in total. The largest absolute Gasteiger partial charge is 0.317 e. The van der Waals surface area contributed by atoms with Crippen LogP contribution in [-0.2, 0) is 0 Å². The van der Waals surface area contributed by atoms with Crippen LogP contribution < -0.4 is 10.6 Å². The Morgan fingerprint density at radius 1 is 1.00 bits per heavy atom. The zero-order valence-corrected chi connectivity index (χ0v) is 18.3. The van der Waals surface area contributed by atoms with E-state index in [2.05, 4.69) is 31.7 Å². The Kier molecular flexibility index (Phi) is 6.22. The van der Waals surface area contributed by atoms with Crippen LogP contribution in [0.25, 0.3) is 22.0 Å². The minimum atomic E-state index is -2.59. The second-order valence-electron chi connectivity index (χ2n) is 8.38. The number of anilines is 1. The number of carbonyl (C=O) groups excluding carboxylic acids is 1. The van der Waals surface area contributed by atoms with Gasteiger partial charge in [-0.05, 0) is 67.2 Å². The maximum Gasteiger partial charge on any atom is 0.265 e. The first kappa shape index (κ1) is 22.0. The Bertz CT molecular complexity index is 1340. The van der Waals surface area contributed by atoms with Crippen molar-refractivity contribution in [2.75, 3.05) is 18.4 Å². The third-order valence-corrected chi connectivity index (χ3v) is 6.11. The third-order valence-electron chi connectivity index (χ3n) is 6.11. The minimum absolute atomic E-state index is 0.139. The molecule has 0 radical (unpaired) electrons. The predicted octanol–water partition coefficient (Wildman–Crippen LogP) is 5.35. The summed E-state index contributed by atoms with van der Waals surface area (Å²) >= 11 is 0. The Balaban J connectivity index is 1.38. The molecule has 5 rings (SSSR count). The molecular weight excluding hydrogens is 436 g/mol. The molecule has 1 fully saturated rings. The first-order valence-electron chi connectivity index (χ1n) is 11.2. The Labute approximate surface area is 195 Å². The van der Waals surface area contributed by atoms with Crippen LogP contribution in [0.15, 0.2) is 67.1 Å². The molecule has 0 saturated carbocycles. The number of piperidine rings is 1. The van der Waals surface area contributed by atoms with Gasteiger partial charge in [0.05, 0.1) is 5.52 Å². The number of rotatable bonds is 5. The molecule has 6 nitrogen and oxygen atoms in total. The first-order chi connectivity index (χ1) is 16.6. The summed E-state index contributed by atoms with van der Waals surface area (Å²) in [5.74, 6) is 0.351. The number of halogens is 2. The fourth-order valence-electron chi connectivity index (χ4n) is 4.26. The van der Waals surface area contributed by atoms with Gasteiger partial charge < -0.3 is 5.32 Å². The normalized spacial score (nSPS) is 14.4. The van der Waals surface area contributed by atoms with Crippen LogP contribution in [-0.4, -0.2) is 33.9 Å². The predicted molar refractivity (Wildman–Crippen MR) is 127 cm³/mol. The van der Waals surface area contributed by atoms with E-state index in [4.69, 9.17) is 0 Å². The average molecular weight is 460 g/mol. The van der Waals surface area contributed by atoms with Crippen molar-refractivity contribution in [1.82, 2.24) is 20.3 Å². The number of nitrogens with zero attached hydrogens (tertiary/aromatic N) is 3. The molecule has 2 aromatic heterocycles. The lowest BCUT2D eigenvalue weighted by molar-refractivity contribution is 0.102. The van der Waals surface area contributed by atoms with Gasteiger partial charge in [0.15, 0.2) is 0 Å². The third kappa shape index (κ3) is 4.77. The fraction of sp³-hybridized carbons (Fsp3) is 0.231. The van der Waals surface area contributed by atoms with E-state index >= 15 is 0 Å². The summed E-state index contributed by atoms with van der Waals surface area (Å²) in [5.41, 5.74) is 3.45. The van der Waals surface area contributed by atoms with Crippen LogP contribution in [0, 0.1) is 0 Å². The quantitative estimate of drug-likeness (QED) is 0.421. The standard InChI is InChI=1S/C26H23F2N5O/c27-24(28)22-11-21(13-30-14-22)18-4-5-20-15-31-26(32-23(20)12-18)33-25(34)19-3-1-2-17(10-19)16-6-8-29-9-7-16/h1-5,10-16,24,29H,6-9H2,(H,31,32,33,34). The summed E-state index contributed by atoms with van der Waals surface area (Å²) in [6.07, 6.45) is 3.83. The lowest BCUT2D eigenvalue weighted by Gasteiger charge is -2.23. The van der Waals surface area contributed by atoms with Gasteiger partial charge in [0.25, 0.3) is 12.3 Å². The van der Waals surface area contributed by atoms with E-state index in [0.29, 0.717) is 28.1 Å². The second kappa shape index (κ2) is 9.61. The van der Waals surface area contributed by atoms with Crippen LogP contribution in [0.1, 0.15) is 46.7 Å². The molecule has 0 spiro atoms. The highest BCUT2D eigenvalue weighted by Crippen LogP contribution is 2.28. The van der Waals surface area contributed by atoms with Gasteiger partial charge in [-0.1, -0.05) is 24.3 Å². The van der Waals surface area contributed by atoms with Crippen molar-refractivity contribution in [3.63, 3.8) is 0 Å². The van der Waals surface area contributed by atoms with Crippen molar-refractivity contribution in [2.45, 2.75) is 25.2 Å². The van der Waals surface area contributed by atoms with Crippen molar-refractivity contribution in [3.8, 4) is 11.1 Å². The monoisotopic (exact) mass is 459 g/mol. The van der Waals surface area contributed by atoms with E-state index in [0.717, 1.165) is 43.1 Å². The van der Waals surface area contributed by atoms with Gasteiger partial charge in [-0.25, -0.2) is 18.7 Å². The van der Waals surface area contributed by atoms with Crippen molar-refractivity contribution in [2.24, 2.45) is 0 Å². The highest BCUT2D eigenvalue weighted by atomic mass is 19.3. The lowest BCUT2D eigenvalue weighted by Crippen LogP contribution is -2.26. The second-order valence-corrected chi connectivity index (χ2v) is 8.38. The van der Waals surface area contributed by atoms with E-state index < -0.39 is 6.43 Å². The number of aromatic nitrogens is 3. The molecule has 1 saturated heterocycles. The van der Waals surface area contributed by atoms with E-state index in [9.17, 15) is 13.6 Å². The molecule has 8 heteroatoms. The van der Waals surface area contributed by atoms with E-state index in [1.807, 2.05) is 24.3 Å². The number of hydrogen-bond donors (Lipinski definition) is 2. The maximum absolute atomic E-state index is 13.1. The SMILES string of the molecule is O=C(Nc1ncc2ccc(-c3cncc(C(F)F)c3)cc2n1)c1cccc(C2CCNCC2)c1. The molecule has 1 amide bonds. The number of benzene rings is 2. The van der Waals surface area contributed by atoms with Gasteiger partial charge in [-0.2, -0.15) is 0 Å². The fourth-order valence-corrected chi connectivity index (χ4v) is 4.26. The highest BCUT2D eigenvalue weighted by Gasteiger charge is 2.17. The van der Waals surface area contributed by atoms with Gasteiger partial charge >= 0.3 is 0 Å². The molecule has 34 heavy (non-hydrogen) atoms. The van der Waals surface area contributed by atoms with Crippen molar-refractivity contribution >= 4 is 22.8 Å². The zero-order chi connectivity index (χ0) is 23.5. The topological polar surface area (TPSA) is 79.8 Å². The smallest absolute Gasteiger partial charge is 0.265 e. The number of carbonyl (C=O) groups is 1. The average Bonchev–Trinajstić information content (AvgIpc) is 2.89. The van der Waals surface area contributed by atoms with Crippen LogP contribution >= 0.6 is 0 Å². The van der Waals surface area contributed by atoms with E-state index in [-0.39, 0.29) is 17.4 Å².